The molecule has 0 amide bonds. The quantitative estimate of drug-likeness (QED) is 0.631. The molecular formula is C15H9F5N2O3S. The van der Waals surface area contributed by atoms with Crippen LogP contribution in [-0.2, 0) is 15.8 Å². The number of pyridine rings is 1. The lowest BCUT2D eigenvalue weighted by atomic mass is 10.1. The highest BCUT2D eigenvalue weighted by atomic mass is 32.2. The van der Waals surface area contributed by atoms with E-state index in [0.717, 1.165) is 12.3 Å². The van der Waals surface area contributed by atoms with Crippen LogP contribution in [0.3, 0.4) is 0 Å². The van der Waals surface area contributed by atoms with Crippen LogP contribution in [0.5, 0.6) is 0 Å². The van der Waals surface area contributed by atoms with Crippen molar-refractivity contribution >= 4 is 20.9 Å². The molecule has 0 radical (unpaired) electrons. The number of hydrogen-bond acceptors (Lipinski definition) is 5. The van der Waals surface area contributed by atoms with E-state index in [-0.39, 0.29) is 27.6 Å². The predicted molar refractivity (Wildman–Crippen MR) is 80.3 cm³/mol. The Kier molecular flexibility index (Phi) is 4.02. The molecule has 0 unspecified atom stereocenters. The molecule has 0 N–H and O–H groups in total. The molecule has 0 saturated heterocycles. The highest BCUT2D eigenvalue weighted by molar-refractivity contribution is 7.90. The van der Waals surface area contributed by atoms with Gasteiger partial charge in [0.1, 0.15) is 11.2 Å². The zero-order valence-corrected chi connectivity index (χ0v) is 13.7. The van der Waals surface area contributed by atoms with Crippen LogP contribution in [0.15, 0.2) is 45.8 Å². The normalized spacial score (nSPS) is 13.3. The van der Waals surface area contributed by atoms with Gasteiger partial charge in [-0.05, 0) is 30.3 Å². The van der Waals surface area contributed by atoms with Gasteiger partial charge in [-0.2, -0.15) is 22.0 Å². The minimum absolute atomic E-state index is 0.0909. The first kappa shape index (κ1) is 18.2. The van der Waals surface area contributed by atoms with Crippen molar-refractivity contribution in [1.82, 2.24) is 9.97 Å². The topological polar surface area (TPSA) is 73.1 Å². The summed E-state index contributed by atoms with van der Waals surface area (Å²) in [6.07, 6.45) is -3.57. The molecule has 0 saturated carbocycles. The first-order valence-electron chi connectivity index (χ1n) is 6.92. The van der Waals surface area contributed by atoms with E-state index in [9.17, 15) is 30.4 Å². The molecule has 0 spiro atoms. The van der Waals surface area contributed by atoms with Crippen LogP contribution in [0.4, 0.5) is 22.0 Å². The summed E-state index contributed by atoms with van der Waals surface area (Å²) < 4.78 is 93.3. The first-order valence-corrected chi connectivity index (χ1v) is 8.81. The Bertz CT molecular complexity index is 1090. The van der Waals surface area contributed by atoms with Crippen LogP contribution in [0.2, 0.25) is 0 Å². The van der Waals surface area contributed by atoms with E-state index in [0.29, 0.717) is 12.1 Å². The van der Waals surface area contributed by atoms with Gasteiger partial charge in [-0.3, -0.25) is 0 Å². The standard InChI is InChI=1S/C15H9F5N2O3S/c1-26(23,24)11-3-2-6-21-12(11)13-22-9-7-8(4-5-10(9)25-13)14(16,17)15(18,19)20/h2-7H,1H3. The molecule has 138 valence electrons. The van der Waals surface area contributed by atoms with Crippen molar-refractivity contribution in [2.24, 2.45) is 0 Å². The summed E-state index contributed by atoms with van der Waals surface area (Å²) in [4.78, 5) is 7.46. The largest absolute Gasteiger partial charge is 0.458 e. The number of halogens is 5. The summed E-state index contributed by atoms with van der Waals surface area (Å²) in [6, 6.07) is 4.63. The maximum Gasteiger partial charge on any atom is 0.458 e. The van der Waals surface area contributed by atoms with E-state index < -0.39 is 27.5 Å². The summed E-state index contributed by atoms with van der Waals surface area (Å²) in [6.45, 7) is 0. The van der Waals surface area contributed by atoms with Gasteiger partial charge in [0.05, 0.1) is 4.90 Å². The Labute approximate surface area is 143 Å². The monoisotopic (exact) mass is 392 g/mol. The lowest BCUT2D eigenvalue weighted by Crippen LogP contribution is -2.33. The lowest BCUT2D eigenvalue weighted by Gasteiger charge is -2.19. The summed E-state index contributed by atoms with van der Waals surface area (Å²) in [5.41, 5.74) is -1.85. The average molecular weight is 392 g/mol. The highest BCUT2D eigenvalue weighted by Gasteiger charge is 2.58. The summed E-state index contributed by atoms with van der Waals surface area (Å²) in [7, 11) is -3.70. The van der Waals surface area contributed by atoms with Crippen molar-refractivity contribution in [2.75, 3.05) is 6.26 Å². The molecule has 5 nitrogen and oxygen atoms in total. The molecule has 2 aromatic heterocycles. The number of oxazole rings is 1. The summed E-state index contributed by atoms with van der Waals surface area (Å²) in [5, 5.41) is 0. The Balaban J connectivity index is 2.16. The minimum atomic E-state index is -5.77. The van der Waals surface area contributed by atoms with Crippen LogP contribution in [0.1, 0.15) is 5.56 Å². The maximum atomic E-state index is 13.5. The zero-order chi connectivity index (χ0) is 19.3. The van der Waals surface area contributed by atoms with Crippen molar-refractivity contribution in [2.45, 2.75) is 17.0 Å². The smallest absolute Gasteiger partial charge is 0.435 e. The molecule has 26 heavy (non-hydrogen) atoms. The number of rotatable bonds is 3. The number of benzene rings is 1. The highest BCUT2D eigenvalue weighted by Crippen LogP contribution is 2.44. The van der Waals surface area contributed by atoms with Gasteiger partial charge in [-0.15, -0.1) is 0 Å². The van der Waals surface area contributed by atoms with Crippen molar-refractivity contribution in [3.63, 3.8) is 0 Å². The molecule has 0 bridgehead atoms. The van der Waals surface area contributed by atoms with Crippen LogP contribution in [-0.4, -0.2) is 30.8 Å². The van der Waals surface area contributed by atoms with Crippen molar-refractivity contribution in [3.8, 4) is 11.6 Å². The second kappa shape index (κ2) is 5.73. The summed E-state index contributed by atoms with van der Waals surface area (Å²) >= 11 is 0. The molecule has 3 aromatic rings. The third-order valence-corrected chi connectivity index (χ3v) is 4.61. The maximum absolute atomic E-state index is 13.5. The van der Waals surface area contributed by atoms with E-state index in [2.05, 4.69) is 9.97 Å². The van der Waals surface area contributed by atoms with Gasteiger partial charge in [-0.25, -0.2) is 18.4 Å². The fourth-order valence-electron chi connectivity index (χ4n) is 2.24. The third-order valence-electron chi connectivity index (χ3n) is 3.48. The van der Waals surface area contributed by atoms with Crippen LogP contribution < -0.4 is 0 Å². The van der Waals surface area contributed by atoms with E-state index in [1.54, 1.807) is 0 Å². The number of sulfone groups is 1. The Morgan fingerprint density at radius 1 is 1.08 bits per heavy atom. The van der Waals surface area contributed by atoms with Crippen molar-refractivity contribution < 1.29 is 34.8 Å². The van der Waals surface area contributed by atoms with E-state index in [4.69, 9.17) is 4.42 Å². The molecule has 0 aliphatic heterocycles. The molecule has 1 aromatic carbocycles. The van der Waals surface area contributed by atoms with Crippen LogP contribution in [0.25, 0.3) is 22.7 Å². The fourth-order valence-corrected chi connectivity index (χ4v) is 3.06. The summed E-state index contributed by atoms with van der Waals surface area (Å²) in [5.74, 6) is -5.38. The number of fused-ring (bicyclic) bond motifs is 1. The third kappa shape index (κ3) is 3.02. The Morgan fingerprint density at radius 3 is 2.38 bits per heavy atom. The molecule has 0 aliphatic carbocycles. The van der Waals surface area contributed by atoms with Gasteiger partial charge >= 0.3 is 12.1 Å². The van der Waals surface area contributed by atoms with Gasteiger partial charge in [-0.1, -0.05) is 0 Å². The van der Waals surface area contributed by atoms with Gasteiger partial charge in [0.2, 0.25) is 5.89 Å². The second-order valence-electron chi connectivity index (χ2n) is 5.40. The number of nitrogens with zero attached hydrogens (tertiary/aromatic N) is 2. The molecule has 3 rings (SSSR count). The van der Waals surface area contributed by atoms with Crippen LogP contribution >= 0.6 is 0 Å². The molecule has 0 atom stereocenters. The first-order chi connectivity index (χ1) is 11.9. The van der Waals surface area contributed by atoms with Crippen LogP contribution in [0, 0.1) is 0 Å². The molecule has 0 aliphatic rings. The number of hydrogen-bond donors (Lipinski definition) is 0. The van der Waals surface area contributed by atoms with E-state index >= 15 is 0 Å². The number of alkyl halides is 5. The van der Waals surface area contributed by atoms with Gasteiger partial charge in [0, 0.05) is 18.0 Å². The van der Waals surface area contributed by atoms with Crippen molar-refractivity contribution in [1.29, 1.82) is 0 Å². The van der Waals surface area contributed by atoms with Gasteiger partial charge in [0.25, 0.3) is 0 Å². The van der Waals surface area contributed by atoms with Gasteiger partial charge < -0.3 is 4.42 Å². The minimum Gasteiger partial charge on any atom is -0.435 e. The van der Waals surface area contributed by atoms with E-state index in [1.807, 2.05) is 0 Å². The Hall–Kier alpha value is -2.56. The molecule has 11 heteroatoms. The average Bonchev–Trinajstić information content (AvgIpc) is 2.96. The van der Waals surface area contributed by atoms with E-state index in [1.165, 1.54) is 18.3 Å². The van der Waals surface area contributed by atoms with Gasteiger partial charge in [0.15, 0.2) is 15.4 Å². The number of aromatic nitrogens is 2. The predicted octanol–water partition coefficient (Wildman–Crippen LogP) is 3.95. The second-order valence-corrected chi connectivity index (χ2v) is 7.38. The zero-order valence-electron chi connectivity index (χ0n) is 12.9. The SMILES string of the molecule is CS(=O)(=O)c1cccnc1-c1nc2cc(C(F)(F)C(F)(F)F)ccc2o1. The fraction of sp³-hybridized carbons (Fsp3) is 0.200. The lowest BCUT2D eigenvalue weighted by molar-refractivity contribution is -0.289. The van der Waals surface area contributed by atoms with Crippen molar-refractivity contribution in [3.05, 3.63) is 42.1 Å². The Morgan fingerprint density at radius 2 is 1.77 bits per heavy atom. The molecule has 0 fully saturated rings. The molecule has 2 heterocycles. The molecular weight excluding hydrogens is 383 g/mol.